The fourth-order valence-electron chi connectivity index (χ4n) is 3.59. The molecule has 194 valence electrons. The molecule has 0 spiro atoms. The average molecular weight is 526 g/mol. The van der Waals surface area contributed by atoms with Crippen molar-refractivity contribution < 1.29 is 24.3 Å². The van der Waals surface area contributed by atoms with Crippen LogP contribution in [0.25, 0.3) is 10.8 Å². The smallest absolute Gasteiger partial charge is 0.326 e. The van der Waals surface area contributed by atoms with E-state index in [1.54, 1.807) is 24.3 Å². The van der Waals surface area contributed by atoms with Crippen molar-refractivity contribution in [3.8, 4) is 0 Å². The molecule has 0 bridgehead atoms. The quantitative estimate of drug-likeness (QED) is 0.0839. The normalized spacial score (nSPS) is 11.0. The second-order valence-corrected chi connectivity index (χ2v) is 8.06. The molecule has 0 saturated heterocycles. The van der Waals surface area contributed by atoms with Crippen molar-refractivity contribution in [3.05, 3.63) is 77.9 Å². The molecular weight excluding hydrogens is 498 g/mol. The highest BCUT2D eigenvalue weighted by atomic mass is 35.5. The Bertz CT molecular complexity index is 1320. The number of hydrogen-bond acceptors (Lipinski definition) is 5. The van der Waals surface area contributed by atoms with E-state index in [-0.39, 0.29) is 36.0 Å². The molecule has 0 aliphatic carbocycles. The average Bonchev–Trinajstić information content (AvgIpc) is 2.87. The van der Waals surface area contributed by atoms with E-state index in [4.69, 9.17) is 11.5 Å². The Morgan fingerprint density at radius 2 is 1.57 bits per heavy atom. The van der Waals surface area contributed by atoms with Crippen molar-refractivity contribution in [2.75, 3.05) is 11.9 Å². The highest BCUT2D eigenvalue weighted by molar-refractivity contribution is 6.44. The third kappa shape index (κ3) is 8.04. The van der Waals surface area contributed by atoms with Gasteiger partial charge in [-0.1, -0.05) is 42.5 Å². The second kappa shape index (κ2) is 13.6. The summed E-state index contributed by atoms with van der Waals surface area (Å²) >= 11 is 0. The summed E-state index contributed by atoms with van der Waals surface area (Å²) in [6.45, 7) is 0.325. The van der Waals surface area contributed by atoms with Gasteiger partial charge in [-0.05, 0) is 54.3 Å². The van der Waals surface area contributed by atoms with Crippen LogP contribution in [0.5, 0.6) is 0 Å². The van der Waals surface area contributed by atoms with E-state index in [1.807, 2.05) is 30.3 Å². The number of carbonyl (C=O) groups is 4. The molecule has 11 heteroatoms. The van der Waals surface area contributed by atoms with E-state index in [0.29, 0.717) is 24.9 Å². The Kier molecular flexibility index (Phi) is 10.6. The number of fused-ring (bicyclic) bond motifs is 1. The summed E-state index contributed by atoms with van der Waals surface area (Å²) in [6, 6.07) is 17.6. The monoisotopic (exact) mass is 525 g/mol. The lowest BCUT2D eigenvalue weighted by molar-refractivity contribution is -0.141. The number of guanidine groups is 1. The van der Waals surface area contributed by atoms with Gasteiger partial charge in [-0.15, -0.1) is 12.4 Å². The minimum absolute atomic E-state index is 0. The Morgan fingerprint density at radius 3 is 2.27 bits per heavy atom. The lowest BCUT2D eigenvalue weighted by Crippen LogP contribution is -2.44. The van der Waals surface area contributed by atoms with Gasteiger partial charge in [0.1, 0.15) is 6.04 Å². The predicted octanol–water partition coefficient (Wildman–Crippen LogP) is 2.71. The van der Waals surface area contributed by atoms with Crippen LogP contribution in [0.2, 0.25) is 0 Å². The van der Waals surface area contributed by atoms with Crippen LogP contribution in [0, 0.1) is 0 Å². The van der Waals surface area contributed by atoms with Crippen molar-refractivity contribution in [3.63, 3.8) is 0 Å². The Balaban J connectivity index is 0.00000481. The molecule has 3 aromatic rings. The van der Waals surface area contributed by atoms with Crippen molar-refractivity contribution >= 4 is 58.4 Å². The number of carbonyl (C=O) groups excluding carboxylic acids is 3. The zero-order valence-corrected chi connectivity index (χ0v) is 20.7. The molecule has 0 radical (unpaired) electrons. The van der Waals surface area contributed by atoms with Gasteiger partial charge in [0.15, 0.2) is 5.96 Å². The number of para-hydroxylation sites is 1. The maximum Gasteiger partial charge on any atom is 0.326 e. The third-order valence-electron chi connectivity index (χ3n) is 5.44. The molecule has 0 aliphatic heterocycles. The van der Waals surface area contributed by atoms with Gasteiger partial charge in [-0.3, -0.25) is 19.4 Å². The van der Waals surface area contributed by atoms with Crippen molar-refractivity contribution in [1.82, 2.24) is 5.32 Å². The maximum absolute atomic E-state index is 12.9. The number of nitrogens with zero attached hydrogens (tertiary/aromatic N) is 1. The Labute approximate surface area is 219 Å². The SMILES string of the molecule is Cl.NC(N)=NCCCC[C@H](NC(=O)C(=O)c1ccccc1NC(=O)c1ccc2ccccc2c1)C(=O)O. The first-order valence-electron chi connectivity index (χ1n) is 11.3. The number of rotatable bonds is 11. The van der Waals surface area contributed by atoms with Crippen LogP contribution in [0.1, 0.15) is 40.0 Å². The van der Waals surface area contributed by atoms with Crippen LogP contribution in [0.3, 0.4) is 0 Å². The van der Waals surface area contributed by atoms with Crippen molar-refractivity contribution in [1.29, 1.82) is 0 Å². The molecular formula is C26H28ClN5O5. The van der Waals surface area contributed by atoms with Gasteiger partial charge in [0.2, 0.25) is 0 Å². The molecule has 3 aromatic carbocycles. The molecule has 0 aliphatic rings. The third-order valence-corrected chi connectivity index (χ3v) is 5.44. The van der Waals surface area contributed by atoms with Gasteiger partial charge in [0.05, 0.1) is 11.3 Å². The summed E-state index contributed by atoms with van der Waals surface area (Å²) in [5.41, 5.74) is 11.0. The molecule has 0 saturated carbocycles. The zero-order valence-electron chi connectivity index (χ0n) is 19.8. The molecule has 1 atom stereocenters. The predicted molar refractivity (Wildman–Crippen MR) is 144 cm³/mol. The first-order valence-corrected chi connectivity index (χ1v) is 11.3. The number of carboxylic acids is 1. The number of nitrogens with one attached hydrogen (secondary N) is 2. The number of amides is 2. The Morgan fingerprint density at radius 1 is 0.892 bits per heavy atom. The van der Waals surface area contributed by atoms with Gasteiger partial charge in [-0.25, -0.2) is 4.79 Å². The number of aliphatic carboxylic acids is 1. The van der Waals surface area contributed by atoms with E-state index in [1.165, 1.54) is 12.1 Å². The molecule has 0 aromatic heterocycles. The standard InChI is InChI=1S/C26H27N5O5.ClH/c27-26(28)29-14-6-5-11-21(25(35)36)31-24(34)22(32)19-9-3-4-10-20(19)30-23(33)18-13-12-16-7-1-2-8-17(16)15-18;/h1-4,7-10,12-13,15,21H,5-6,11,14H2,(H,30,33)(H,31,34)(H,35,36)(H4,27,28,29);1H/t21-;/m0./s1. The summed E-state index contributed by atoms with van der Waals surface area (Å²) in [4.78, 5) is 53.7. The highest BCUT2D eigenvalue weighted by Crippen LogP contribution is 2.20. The number of halogens is 1. The number of anilines is 1. The van der Waals surface area contributed by atoms with Gasteiger partial charge in [0.25, 0.3) is 17.6 Å². The summed E-state index contributed by atoms with van der Waals surface area (Å²) < 4.78 is 0. The number of benzene rings is 3. The van der Waals surface area contributed by atoms with Crippen LogP contribution < -0.4 is 22.1 Å². The van der Waals surface area contributed by atoms with Crippen molar-refractivity contribution in [2.24, 2.45) is 16.5 Å². The van der Waals surface area contributed by atoms with E-state index in [2.05, 4.69) is 15.6 Å². The number of ketones is 1. The van der Waals surface area contributed by atoms with Gasteiger partial charge in [-0.2, -0.15) is 0 Å². The first-order chi connectivity index (χ1) is 17.3. The highest BCUT2D eigenvalue weighted by Gasteiger charge is 2.26. The summed E-state index contributed by atoms with van der Waals surface area (Å²) in [6.07, 6.45) is 1.02. The molecule has 37 heavy (non-hydrogen) atoms. The van der Waals surface area contributed by atoms with Gasteiger partial charge in [0, 0.05) is 12.1 Å². The molecule has 0 heterocycles. The lowest BCUT2D eigenvalue weighted by Gasteiger charge is -2.15. The van der Waals surface area contributed by atoms with Crippen LogP contribution in [-0.4, -0.2) is 47.2 Å². The number of carboxylic acid groups (broad SMARTS) is 1. The van der Waals surface area contributed by atoms with Crippen LogP contribution in [0.15, 0.2) is 71.7 Å². The molecule has 7 N–H and O–H groups in total. The Hall–Kier alpha value is -4.44. The fourth-order valence-corrected chi connectivity index (χ4v) is 3.59. The van der Waals surface area contributed by atoms with Crippen LogP contribution in [0.4, 0.5) is 5.69 Å². The number of unbranched alkanes of at least 4 members (excludes halogenated alkanes) is 1. The minimum atomic E-state index is -1.27. The zero-order chi connectivity index (χ0) is 26.1. The molecule has 10 nitrogen and oxygen atoms in total. The topological polar surface area (TPSA) is 177 Å². The number of hydrogen-bond donors (Lipinski definition) is 5. The second-order valence-electron chi connectivity index (χ2n) is 8.06. The van der Waals surface area contributed by atoms with E-state index in [0.717, 1.165) is 10.8 Å². The number of nitrogens with two attached hydrogens (primary N) is 2. The molecule has 0 fully saturated rings. The summed E-state index contributed by atoms with van der Waals surface area (Å²) in [7, 11) is 0. The number of aliphatic imine (C=N–C) groups is 1. The lowest BCUT2D eigenvalue weighted by atomic mass is 10.0. The number of Topliss-reactive ketones (excluding diaryl/α,β-unsaturated/α-hetero) is 1. The van der Waals surface area contributed by atoms with Crippen molar-refractivity contribution in [2.45, 2.75) is 25.3 Å². The summed E-state index contributed by atoms with van der Waals surface area (Å²) in [5, 5.41) is 16.2. The molecule has 0 unspecified atom stereocenters. The minimum Gasteiger partial charge on any atom is -0.480 e. The maximum atomic E-state index is 12.9. The van der Waals surface area contributed by atoms with Gasteiger partial charge >= 0.3 is 5.97 Å². The van der Waals surface area contributed by atoms with Crippen LogP contribution >= 0.6 is 12.4 Å². The van der Waals surface area contributed by atoms with E-state index < -0.39 is 29.6 Å². The summed E-state index contributed by atoms with van der Waals surface area (Å²) in [5.74, 6) is -3.83. The van der Waals surface area contributed by atoms with E-state index in [9.17, 15) is 24.3 Å². The largest absolute Gasteiger partial charge is 0.480 e. The molecule has 3 rings (SSSR count). The molecule has 2 amide bonds. The van der Waals surface area contributed by atoms with E-state index >= 15 is 0 Å². The van der Waals surface area contributed by atoms with Gasteiger partial charge < -0.3 is 27.2 Å². The fraction of sp³-hybridized carbons (Fsp3) is 0.192. The first kappa shape index (κ1) is 28.8. The van der Waals surface area contributed by atoms with Crippen LogP contribution in [-0.2, 0) is 9.59 Å².